The summed E-state index contributed by atoms with van der Waals surface area (Å²) in [5.41, 5.74) is 5.28. The number of aromatic nitrogens is 1. The summed E-state index contributed by atoms with van der Waals surface area (Å²) < 4.78 is 17.8. The van der Waals surface area contributed by atoms with Crippen LogP contribution in [0.2, 0.25) is 18.1 Å². The summed E-state index contributed by atoms with van der Waals surface area (Å²) in [7, 11) is -0.606. The number of hydrogen-bond acceptors (Lipinski definition) is 9. The van der Waals surface area contributed by atoms with Gasteiger partial charge in [-0.05, 0) is 91.2 Å². The first-order valence-electron chi connectivity index (χ1n) is 19.2. The van der Waals surface area contributed by atoms with Gasteiger partial charge in [0.1, 0.15) is 30.5 Å². The number of hydrazine groups is 1. The highest BCUT2D eigenvalue weighted by atomic mass is 28.4. The molecule has 0 bridgehead atoms. The minimum atomic E-state index is -2.17. The summed E-state index contributed by atoms with van der Waals surface area (Å²) in [6, 6.07) is 8.39. The zero-order valence-electron chi connectivity index (χ0n) is 34.3. The summed E-state index contributed by atoms with van der Waals surface area (Å²) in [4.78, 5) is 59.3. The molecule has 12 nitrogen and oxygen atoms in total. The lowest BCUT2D eigenvalue weighted by Gasteiger charge is -2.36. The van der Waals surface area contributed by atoms with Gasteiger partial charge in [0, 0.05) is 26.3 Å². The second kappa shape index (κ2) is 20.5. The van der Waals surface area contributed by atoms with E-state index in [0.29, 0.717) is 43.7 Å². The van der Waals surface area contributed by atoms with Crippen molar-refractivity contribution in [2.45, 2.75) is 123 Å². The average Bonchev–Trinajstić information content (AvgIpc) is 3.14. The van der Waals surface area contributed by atoms with Crippen LogP contribution in [0.1, 0.15) is 84.0 Å². The summed E-state index contributed by atoms with van der Waals surface area (Å²) in [5.74, 6) is -1.86. The molecule has 55 heavy (non-hydrogen) atoms. The molecule has 3 rings (SSSR count). The van der Waals surface area contributed by atoms with Gasteiger partial charge in [0.15, 0.2) is 0 Å². The summed E-state index contributed by atoms with van der Waals surface area (Å²) in [6.07, 6.45) is 7.10. The third-order valence-corrected chi connectivity index (χ3v) is 14.8. The van der Waals surface area contributed by atoms with Gasteiger partial charge in [-0.25, -0.2) is 5.43 Å². The summed E-state index contributed by atoms with van der Waals surface area (Å²) in [5, 5.41) is 7.25. The lowest BCUT2D eigenvalue weighted by molar-refractivity contribution is -0.154. The quantitative estimate of drug-likeness (QED) is 0.0871. The molecule has 0 radical (unpaired) electrons. The molecule has 3 unspecified atom stereocenters. The molecule has 1 aliphatic heterocycles. The van der Waals surface area contributed by atoms with Crippen LogP contribution in [0.4, 0.5) is 0 Å². The highest BCUT2D eigenvalue weighted by Gasteiger charge is 2.39. The van der Waals surface area contributed by atoms with Crippen LogP contribution < -0.4 is 20.5 Å². The van der Waals surface area contributed by atoms with E-state index in [1.165, 1.54) is 5.01 Å². The van der Waals surface area contributed by atoms with E-state index < -0.39 is 50.1 Å². The van der Waals surface area contributed by atoms with Crippen molar-refractivity contribution in [2.75, 3.05) is 13.7 Å². The van der Waals surface area contributed by atoms with Crippen molar-refractivity contribution < 1.29 is 33.1 Å². The molecule has 2 heterocycles. The van der Waals surface area contributed by atoms with Crippen molar-refractivity contribution in [1.82, 2.24) is 26.1 Å². The molecule has 2 aromatic rings. The second-order valence-electron chi connectivity index (χ2n) is 16.1. The predicted molar refractivity (Wildman–Crippen MR) is 218 cm³/mol. The maximum atomic E-state index is 14.4. The summed E-state index contributed by atoms with van der Waals surface area (Å²) >= 11 is 0. The topological polar surface area (TPSA) is 148 Å². The fourth-order valence-corrected chi connectivity index (χ4v) is 7.00. The van der Waals surface area contributed by atoms with Crippen LogP contribution in [0.25, 0.3) is 6.08 Å². The number of esters is 1. The molecule has 1 saturated heterocycles. The predicted octanol–water partition coefficient (Wildman–Crippen LogP) is 6.13. The van der Waals surface area contributed by atoms with E-state index in [1.54, 1.807) is 44.5 Å². The van der Waals surface area contributed by atoms with Crippen molar-refractivity contribution in [3.63, 3.8) is 0 Å². The number of nitrogens with one attached hydrogen (secondary N) is 3. The molecule has 5 atom stereocenters. The summed E-state index contributed by atoms with van der Waals surface area (Å²) in [6.45, 7) is 24.1. The Morgan fingerprint density at radius 1 is 1.05 bits per heavy atom. The first-order valence-corrected chi connectivity index (χ1v) is 22.2. The van der Waals surface area contributed by atoms with Crippen LogP contribution in [0.3, 0.4) is 0 Å². The number of carbonyl (C=O) groups is 4. The molecule has 1 aliphatic rings. The highest BCUT2D eigenvalue weighted by Crippen LogP contribution is 2.37. The smallest absolute Gasteiger partial charge is 0.325 e. The van der Waals surface area contributed by atoms with Crippen molar-refractivity contribution in [1.29, 1.82) is 0 Å². The fourth-order valence-electron chi connectivity index (χ4n) is 5.98. The number of amides is 3. The number of pyridine rings is 1. The van der Waals surface area contributed by atoms with Gasteiger partial charge in [-0.2, -0.15) is 0 Å². The number of methoxy groups -OCH3 is 1. The van der Waals surface area contributed by atoms with Gasteiger partial charge in [-0.3, -0.25) is 29.2 Å². The van der Waals surface area contributed by atoms with Gasteiger partial charge in [0.2, 0.25) is 20.1 Å². The second-order valence-corrected chi connectivity index (χ2v) is 20.9. The van der Waals surface area contributed by atoms with Crippen LogP contribution in [-0.2, 0) is 41.7 Å². The number of rotatable bonds is 19. The zero-order valence-corrected chi connectivity index (χ0v) is 35.3. The van der Waals surface area contributed by atoms with Gasteiger partial charge in [0.25, 0.3) is 5.91 Å². The van der Waals surface area contributed by atoms with Gasteiger partial charge in [0.05, 0.1) is 17.7 Å². The zero-order chi connectivity index (χ0) is 40.9. The SMILES string of the molecule is C=CCC[C@@H](OC)[C@@H](C)C(=O)NC(C(=O)NC(Cc1cccc(O[Si](C)(C)C(C)(C)C)c1)C(=O)N1CCCC(C(=O)OCc2ccnc(C=C)c2)N1)C(C)C. The molecule has 3 N–H and O–H groups in total. The Morgan fingerprint density at radius 3 is 2.42 bits per heavy atom. The minimum Gasteiger partial charge on any atom is -0.543 e. The highest BCUT2D eigenvalue weighted by molar-refractivity contribution is 6.74. The van der Waals surface area contributed by atoms with Crippen LogP contribution in [-0.4, -0.2) is 79.9 Å². The molecule has 0 aliphatic carbocycles. The van der Waals surface area contributed by atoms with Crippen molar-refractivity contribution >= 4 is 38.1 Å². The van der Waals surface area contributed by atoms with Crippen LogP contribution in [0.15, 0.2) is 61.8 Å². The Balaban J connectivity index is 1.86. The molecule has 1 fully saturated rings. The van der Waals surface area contributed by atoms with E-state index in [2.05, 4.69) is 68.1 Å². The minimum absolute atomic E-state index is 0.0251. The number of benzene rings is 1. The normalized spacial score (nSPS) is 17.0. The molecule has 1 aromatic heterocycles. The standard InChI is InChI=1S/C42H63N5O7Si/c1-12-14-20-36(52-9)29(5)38(48)45-37(28(3)4)39(49)44-35(26-30-17-15-18-33(25-30)54-55(10,11)42(6,7)8)40(50)47-23-16-19-34(46-47)41(51)53-27-31-21-22-43-32(13-2)24-31/h12-13,15,17-18,21-22,24-25,28-29,34-37,46H,1-2,14,16,19-20,23,26-27H2,3-11H3,(H,44,49)(H,45,48)/t29-,34?,35?,36-,37?/m1/s1. The van der Waals surface area contributed by atoms with E-state index in [0.717, 1.165) is 11.1 Å². The lowest BCUT2D eigenvalue weighted by atomic mass is 9.96. The number of allylic oxidation sites excluding steroid dienone is 1. The molecule has 0 spiro atoms. The van der Waals surface area contributed by atoms with Crippen molar-refractivity contribution in [3.8, 4) is 5.75 Å². The van der Waals surface area contributed by atoms with Crippen LogP contribution in [0, 0.1) is 11.8 Å². The number of hydrogen-bond donors (Lipinski definition) is 3. The number of carbonyl (C=O) groups excluding carboxylic acids is 4. The third-order valence-electron chi connectivity index (χ3n) is 10.5. The van der Waals surface area contributed by atoms with E-state index in [1.807, 2.05) is 38.1 Å². The lowest BCUT2D eigenvalue weighted by Crippen LogP contribution is -2.62. The van der Waals surface area contributed by atoms with Crippen molar-refractivity contribution in [2.24, 2.45) is 11.8 Å². The van der Waals surface area contributed by atoms with Crippen LogP contribution >= 0.6 is 0 Å². The maximum Gasteiger partial charge on any atom is 0.325 e. The third kappa shape index (κ3) is 13.1. The molecule has 1 aromatic carbocycles. The fraction of sp³-hybridized carbons (Fsp3) is 0.548. The first-order chi connectivity index (χ1) is 25.9. The van der Waals surface area contributed by atoms with E-state index in [9.17, 15) is 19.2 Å². The Bertz CT molecular complexity index is 1640. The molecular formula is C42H63N5O7Si. The Kier molecular flexibility index (Phi) is 16.8. The Labute approximate surface area is 329 Å². The van der Waals surface area contributed by atoms with Crippen LogP contribution in [0.5, 0.6) is 5.75 Å². The Morgan fingerprint density at radius 2 is 1.78 bits per heavy atom. The Hall–Kier alpha value is -4.33. The maximum absolute atomic E-state index is 14.4. The van der Waals surface area contributed by atoms with E-state index >= 15 is 0 Å². The average molecular weight is 778 g/mol. The first kappa shape index (κ1) is 45.1. The molecule has 302 valence electrons. The van der Waals surface area contributed by atoms with Gasteiger partial charge in [-0.1, -0.05) is 66.3 Å². The number of ether oxygens (including phenoxy) is 2. The molecular weight excluding hydrogens is 715 g/mol. The monoisotopic (exact) mass is 777 g/mol. The molecule has 0 saturated carbocycles. The molecule has 3 amide bonds. The van der Waals surface area contributed by atoms with E-state index in [4.69, 9.17) is 13.9 Å². The van der Waals surface area contributed by atoms with Gasteiger partial charge >= 0.3 is 5.97 Å². The van der Waals surface area contributed by atoms with Gasteiger partial charge in [-0.15, -0.1) is 6.58 Å². The largest absolute Gasteiger partial charge is 0.543 e. The van der Waals surface area contributed by atoms with Gasteiger partial charge < -0.3 is 24.5 Å². The van der Waals surface area contributed by atoms with E-state index in [-0.39, 0.29) is 36.0 Å². The molecule has 13 heteroatoms. The van der Waals surface area contributed by atoms with Crippen molar-refractivity contribution in [3.05, 3.63) is 78.6 Å². The number of nitrogens with zero attached hydrogens (tertiary/aromatic N) is 2.